The van der Waals surface area contributed by atoms with Gasteiger partial charge < -0.3 is 15.1 Å². The van der Waals surface area contributed by atoms with Crippen LogP contribution in [0.1, 0.15) is 29.8 Å². The molecule has 0 bridgehead atoms. The van der Waals surface area contributed by atoms with Gasteiger partial charge in [-0.3, -0.25) is 19.7 Å². The van der Waals surface area contributed by atoms with Crippen LogP contribution in [0.4, 0.5) is 24.7 Å². The Morgan fingerprint density at radius 3 is 2.37 bits per heavy atom. The number of carbonyl (C=O) groups excluding carboxylic acids is 2. The van der Waals surface area contributed by atoms with Gasteiger partial charge in [0, 0.05) is 44.5 Å². The normalized spacial score (nSPS) is 15.2. The number of hydrogen-bond donors (Lipinski definition) is 1. The number of amides is 2. The highest BCUT2D eigenvalue weighted by Gasteiger charge is 2.37. The molecule has 0 aliphatic carbocycles. The first-order chi connectivity index (χ1) is 16.4. The summed E-state index contributed by atoms with van der Waals surface area (Å²) in [6.45, 7) is 4.03. The molecule has 9 nitrogen and oxygen atoms in total. The van der Waals surface area contributed by atoms with E-state index in [1.54, 1.807) is 13.8 Å². The summed E-state index contributed by atoms with van der Waals surface area (Å²) >= 11 is 6.03. The van der Waals surface area contributed by atoms with Crippen molar-refractivity contribution in [1.29, 1.82) is 0 Å². The smallest absolute Gasteiger partial charge is 0.353 e. The highest BCUT2D eigenvalue weighted by Crippen LogP contribution is 2.35. The molecule has 1 unspecified atom stereocenters. The second-order valence-corrected chi connectivity index (χ2v) is 8.71. The summed E-state index contributed by atoms with van der Waals surface area (Å²) in [5, 5.41) is 13.4. The van der Waals surface area contributed by atoms with E-state index in [9.17, 15) is 32.9 Å². The standard InChI is InChI=1S/C22H23ClF3N5O4/c1-13(2)18(28-20(32)15-6-5-14(31(34)35)12-17(15)23)21(33)30-10-8-29(9-11-30)19-16(22(24,25)26)4-3-7-27-19/h3-7,12-13,18H,8-11H2,1-2H3,(H,28,32). The third kappa shape index (κ3) is 5.99. The number of benzene rings is 1. The van der Waals surface area contributed by atoms with Crippen LogP contribution < -0.4 is 10.2 Å². The number of nitro benzene ring substituents is 1. The summed E-state index contributed by atoms with van der Waals surface area (Å²) in [5.74, 6) is -1.55. The fourth-order valence-electron chi connectivity index (χ4n) is 3.74. The van der Waals surface area contributed by atoms with Crippen molar-refractivity contribution in [2.45, 2.75) is 26.1 Å². The molecular weight excluding hydrogens is 491 g/mol. The number of piperazine rings is 1. The number of carbonyl (C=O) groups is 2. The van der Waals surface area contributed by atoms with Crippen LogP contribution in [0.25, 0.3) is 0 Å². The van der Waals surface area contributed by atoms with Gasteiger partial charge in [0.05, 0.1) is 21.1 Å². The Morgan fingerprint density at radius 1 is 1.17 bits per heavy atom. The molecule has 13 heteroatoms. The summed E-state index contributed by atoms with van der Waals surface area (Å²) in [6, 6.07) is 4.66. The zero-order valence-corrected chi connectivity index (χ0v) is 19.6. The molecule has 1 aliphatic heterocycles. The zero-order chi connectivity index (χ0) is 25.9. The highest BCUT2D eigenvalue weighted by molar-refractivity contribution is 6.34. The Kier molecular flexibility index (Phi) is 7.83. The molecule has 1 saturated heterocycles. The van der Waals surface area contributed by atoms with Gasteiger partial charge >= 0.3 is 6.18 Å². The number of nitrogens with one attached hydrogen (secondary N) is 1. The fraction of sp³-hybridized carbons (Fsp3) is 0.409. The van der Waals surface area contributed by atoms with E-state index in [1.807, 2.05) is 0 Å². The average Bonchev–Trinajstić information content (AvgIpc) is 2.81. The monoisotopic (exact) mass is 513 g/mol. The number of pyridine rings is 1. The molecule has 1 atom stereocenters. The van der Waals surface area contributed by atoms with Crippen LogP contribution in [0, 0.1) is 16.0 Å². The maximum Gasteiger partial charge on any atom is 0.419 e. The maximum atomic E-state index is 13.3. The predicted octanol–water partition coefficient (Wildman–Crippen LogP) is 3.77. The van der Waals surface area contributed by atoms with Crippen LogP contribution >= 0.6 is 11.6 Å². The highest BCUT2D eigenvalue weighted by atomic mass is 35.5. The number of alkyl halides is 3. The van der Waals surface area contributed by atoms with Crippen molar-refractivity contribution < 1.29 is 27.7 Å². The predicted molar refractivity (Wildman–Crippen MR) is 122 cm³/mol. The number of nitrogens with zero attached hydrogens (tertiary/aromatic N) is 4. The Balaban J connectivity index is 1.69. The molecule has 1 aromatic carbocycles. The largest absolute Gasteiger partial charge is 0.419 e. The lowest BCUT2D eigenvalue weighted by atomic mass is 10.0. The van der Waals surface area contributed by atoms with E-state index in [0.717, 1.165) is 18.2 Å². The van der Waals surface area contributed by atoms with Gasteiger partial charge in [0.15, 0.2) is 0 Å². The Hall–Kier alpha value is -3.41. The van der Waals surface area contributed by atoms with Crippen molar-refractivity contribution in [3.8, 4) is 0 Å². The quantitative estimate of drug-likeness (QED) is 0.465. The Bertz CT molecular complexity index is 1120. The molecule has 0 radical (unpaired) electrons. The third-order valence-electron chi connectivity index (χ3n) is 5.61. The van der Waals surface area contributed by atoms with Gasteiger partial charge in [-0.05, 0) is 24.1 Å². The number of rotatable bonds is 6. The minimum absolute atomic E-state index is 0.0182. The molecular formula is C22H23ClF3N5O4. The van der Waals surface area contributed by atoms with E-state index in [0.29, 0.717) is 0 Å². The molecule has 1 N–H and O–H groups in total. The van der Waals surface area contributed by atoms with E-state index in [2.05, 4.69) is 10.3 Å². The Labute approximate surface area is 204 Å². The van der Waals surface area contributed by atoms with E-state index in [4.69, 9.17) is 11.6 Å². The number of halogens is 4. The van der Waals surface area contributed by atoms with Gasteiger partial charge in [-0.2, -0.15) is 13.2 Å². The molecule has 188 valence electrons. The molecule has 0 spiro atoms. The van der Waals surface area contributed by atoms with E-state index < -0.39 is 28.6 Å². The number of nitro groups is 1. The van der Waals surface area contributed by atoms with Crippen molar-refractivity contribution in [2.24, 2.45) is 5.92 Å². The second-order valence-electron chi connectivity index (χ2n) is 8.30. The van der Waals surface area contributed by atoms with Crippen LogP contribution in [0.15, 0.2) is 36.5 Å². The number of non-ortho nitro benzene ring substituents is 1. The maximum absolute atomic E-state index is 13.3. The van der Waals surface area contributed by atoms with Gasteiger partial charge in [0.1, 0.15) is 11.9 Å². The SMILES string of the molecule is CC(C)C(NC(=O)c1ccc([N+](=O)[O-])cc1Cl)C(=O)N1CCN(c2ncccc2C(F)(F)F)CC1. The molecule has 1 fully saturated rings. The van der Waals surface area contributed by atoms with E-state index >= 15 is 0 Å². The van der Waals surface area contributed by atoms with Gasteiger partial charge in [-0.15, -0.1) is 0 Å². The minimum Gasteiger partial charge on any atom is -0.353 e. The fourth-order valence-corrected chi connectivity index (χ4v) is 4.00. The third-order valence-corrected chi connectivity index (χ3v) is 5.92. The molecule has 1 aromatic heterocycles. The van der Waals surface area contributed by atoms with Crippen LogP contribution in [0.3, 0.4) is 0 Å². The lowest BCUT2D eigenvalue weighted by molar-refractivity contribution is -0.384. The number of anilines is 1. The van der Waals surface area contributed by atoms with Crippen molar-refractivity contribution in [3.63, 3.8) is 0 Å². The Morgan fingerprint density at radius 2 is 1.83 bits per heavy atom. The van der Waals surface area contributed by atoms with E-state index in [1.165, 1.54) is 28.1 Å². The van der Waals surface area contributed by atoms with Gasteiger partial charge in [0.25, 0.3) is 11.6 Å². The summed E-state index contributed by atoms with van der Waals surface area (Å²) in [4.78, 5) is 43.0. The topological polar surface area (TPSA) is 109 Å². The van der Waals surface area contributed by atoms with Crippen LogP contribution in [0.5, 0.6) is 0 Å². The van der Waals surface area contributed by atoms with Gasteiger partial charge in [-0.25, -0.2) is 4.98 Å². The van der Waals surface area contributed by atoms with E-state index in [-0.39, 0.29) is 60.1 Å². The minimum atomic E-state index is -4.55. The molecule has 3 rings (SSSR count). The van der Waals surface area contributed by atoms with Crippen molar-refractivity contribution in [2.75, 3.05) is 31.1 Å². The lowest BCUT2D eigenvalue weighted by Crippen LogP contribution is -2.56. The molecule has 2 amide bonds. The summed E-state index contributed by atoms with van der Waals surface area (Å²) < 4.78 is 40.0. The van der Waals surface area contributed by atoms with Crippen LogP contribution in [0.2, 0.25) is 5.02 Å². The lowest BCUT2D eigenvalue weighted by Gasteiger charge is -2.38. The summed E-state index contributed by atoms with van der Waals surface area (Å²) in [6.07, 6.45) is -3.27. The first-order valence-electron chi connectivity index (χ1n) is 10.7. The zero-order valence-electron chi connectivity index (χ0n) is 18.9. The van der Waals surface area contributed by atoms with Crippen molar-refractivity contribution in [1.82, 2.24) is 15.2 Å². The van der Waals surface area contributed by atoms with Gasteiger partial charge in [0.2, 0.25) is 5.91 Å². The first-order valence-corrected chi connectivity index (χ1v) is 11.1. The van der Waals surface area contributed by atoms with Crippen molar-refractivity contribution in [3.05, 3.63) is 62.8 Å². The summed E-state index contributed by atoms with van der Waals surface area (Å²) in [5.41, 5.74) is -1.13. The molecule has 2 aromatic rings. The van der Waals surface area contributed by atoms with Crippen LogP contribution in [-0.2, 0) is 11.0 Å². The molecule has 0 saturated carbocycles. The number of aromatic nitrogens is 1. The summed E-state index contributed by atoms with van der Waals surface area (Å²) in [7, 11) is 0. The number of hydrogen-bond acceptors (Lipinski definition) is 6. The first kappa shape index (κ1) is 26.2. The molecule has 2 heterocycles. The average molecular weight is 514 g/mol. The molecule has 1 aliphatic rings. The van der Waals surface area contributed by atoms with Gasteiger partial charge in [-0.1, -0.05) is 25.4 Å². The van der Waals surface area contributed by atoms with Crippen LogP contribution in [-0.4, -0.2) is 58.8 Å². The second kappa shape index (κ2) is 10.5. The molecule has 35 heavy (non-hydrogen) atoms. The van der Waals surface area contributed by atoms with Crippen molar-refractivity contribution >= 4 is 34.9 Å².